The summed E-state index contributed by atoms with van der Waals surface area (Å²) in [5, 5.41) is 5.60. The molecule has 1 aliphatic carbocycles. The van der Waals surface area contributed by atoms with Gasteiger partial charge >= 0.3 is 7.60 Å². The zero-order chi connectivity index (χ0) is 25.6. The maximum absolute atomic E-state index is 13.8. The van der Waals surface area contributed by atoms with Crippen LogP contribution in [0.2, 0.25) is 0 Å². The molecule has 10 heteroatoms. The van der Waals surface area contributed by atoms with Crippen LogP contribution in [0.15, 0.2) is 30.3 Å². The van der Waals surface area contributed by atoms with Gasteiger partial charge in [-0.2, -0.15) is 0 Å². The molecule has 3 amide bonds. The molecule has 1 aromatic carbocycles. The van der Waals surface area contributed by atoms with E-state index in [9.17, 15) is 18.9 Å². The van der Waals surface area contributed by atoms with Gasteiger partial charge in [0.2, 0.25) is 17.7 Å². The Morgan fingerprint density at radius 2 is 1.77 bits per heavy atom. The zero-order valence-electron chi connectivity index (χ0n) is 21.1. The van der Waals surface area contributed by atoms with Crippen LogP contribution in [-0.4, -0.2) is 60.2 Å². The monoisotopic (exact) mass is 507 g/mol. The summed E-state index contributed by atoms with van der Waals surface area (Å²) in [4.78, 5) is 42.0. The van der Waals surface area contributed by atoms with Crippen LogP contribution in [-0.2, 0) is 34.4 Å². The van der Waals surface area contributed by atoms with Crippen molar-refractivity contribution >= 4 is 25.3 Å². The van der Waals surface area contributed by atoms with Crippen molar-refractivity contribution in [2.24, 2.45) is 11.8 Å². The number of benzene rings is 1. The molecular weight excluding hydrogens is 469 g/mol. The fraction of sp³-hybridized carbons (Fsp3) is 0.640. The molecule has 0 bridgehead atoms. The van der Waals surface area contributed by atoms with Crippen molar-refractivity contribution < 1.29 is 28.0 Å². The van der Waals surface area contributed by atoms with E-state index in [1.165, 1.54) is 4.90 Å². The molecule has 0 aromatic heterocycles. The van der Waals surface area contributed by atoms with E-state index in [1.807, 2.05) is 44.2 Å². The molecule has 1 aliphatic heterocycles. The maximum atomic E-state index is 13.8. The number of rotatable bonds is 13. The van der Waals surface area contributed by atoms with Crippen LogP contribution in [0.4, 0.5) is 0 Å². The van der Waals surface area contributed by atoms with E-state index in [0.717, 1.165) is 18.4 Å². The van der Waals surface area contributed by atoms with Crippen LogP contribution in [0.5, 0.6) is 0 Å². The highest BCUT2D eigenvalue weighted by Crippen LogP contribution is 2.47. The van der Waals surface area contributed by atoms with Crippen molar-refractivity contribution in [2.75, 3.05) is 19.5 Å². The Hall–Kier alpha value is -2.22. The van der Waals surface area contributed by atoms with Crippen molar-refractivity contribution in [1.82, 2.24) is 15.5 Å². The Balaban J connectivity index is 1.86. The molecule has 3 rings (SSSR count). The van der Waals surface area contributed by atoms with E-state index in [-0.39, 0.29) is 43.1 Å². The van der Waals surface area contributed by atoms with Crippen molar-refractivity contribution in [3.8, 4) is 0 Å². The smallest absolute Gasteiger partial charge is 0.343 e. The predicted octanol–water partition coefficient (Wildman–Crippen LogP) is 3.09. The number of hydrogen-bond donors (Lipinski definition) is 2. The lowest BCUT2D eigenvalue weighted by Gasteiger charge is -2.43. The van der Waals surface area contributed by atoms with Crippen LogP contribution in [0.3, 0.4) is 0 Å². The lowest BCUT2D eigenvalue weighted by atomic mass is 9.92. The average Bonchev–Trinajstić information content (AvgIpc) is 3.64. The lowest BCUT2D eigenvalue weighted by Crippen LogP contribution is -2.68. The molecule has 1 unspecified atom stereocenters. The number of nitrogens with one attached hydrogen (secondary N) is 2. The number of nitrogens with zero attached hydrogens (tertiary/aromatic N) is 1. The number of carbonyl (C=O) groups is 3. The van der Waals surface area contributed by atoms with Crippen molar-refractivity contribution in [3.05, 3.63) is 35.9 Å². The van der Waals surface area contributed by atoms with E-state index in [2.05, 4.69) is 10.6 Å². The van der Waals surface area contributed by atoms with Crippen LogP contribution >= 0.6 is 7.60 Å². The highest BCUT2D eigenvalue weighted by molar-refractivity contribution is 7.53. The topological polar surface area (TPSA) is 114 Å². The van der Waals surface area contributed by atoms with Gasteiger partial charge in [0.1, 0.15) is 24.4 Å². The molecular formula is C25H38N3O6P. The highest BCUT2D eigenvalue weighted by atomic mass is 31.2. The van der Waals surface area contributed by atoms with Gasteiger partial charge in [-0.05, 0) is 50.5 Å². The first-order valence-corrected chi connectivity index (χ1v) is 14.2. The Labute approximate surface area is 207 Å². The lowest BCUT2D eigenvalue weighted by molar-refractivity contribution is -0.156. The largest absolute Gasteiger partial charge is 0.349 e. The van der Waals surface area contributed by atoms with E-state index >= 15 is 0 Å². The van der Waals surface area contributed by atoms with Crippen LogP contribution in [0.1, 0.15) is 52.5 Å². The standard InChI is InChI=1S/C25H38N3O6P/c1-5-33-35(32,34-6-2)16-26-24(30)22(19-12-13-19)28-21(14-17(3)4)23(29)27-20(25(28)31)15-18-10-8-7-9-11-18/h7-11,17,19-22H,5-6,12-16H2,1-4H3,(H,26,30)(H,27,29)/t20-,21-,22?/m0/s1. The van der Waals surface area contributed by atoms with Crippen molar-refractivity contribution in [3.63, 3.8) is 0 Å². The van der Waals surface area contributed by atoms with Gasteiger partial charge in [0.25, 0.3) is 0 Å². The summed E-state index contributed by atoms with van der Waals surface area (Å²) in [5.74, 6) is -0.834. The second-order valence-electron chi connectivity index (χ2n) is 9.57. The molecule has 9 nitrogen and oxygen atoms in total. The minimum absolute atomic E-state index is 0.0459. The van der Waals surface area contributed by atoms with Gasteiger partial charge in [0.15, 0.2) is 0 Å². The fourth-order valence-electron chi connectivity index (χ4n) is 4.56. The molecule has 1 saturated carbocycles. The minimum atomic E-state index is -3.50. The van der Waals surface area contributed by atoms with Gasteiger partial charge in [-0.15, -0.1) is 0 Å². The molecule has 2 fully saturated rings. The number of carbonyl (C=O) groups excluding carboxylic acids is 3. The molecule has 0 radical (unpaired) electrons. The predicted molar refractivity (Wildman–Crippen MR) is 133 cm³/mol. The molecule has 194 valence electrons. The SMILES string of the molecule is CCOP(=O)(CNC(=O)C(C1CC1)N1C(=O)[C@H](Cc2ccccc2)NC(=O)[C@@H]1CC(C)C)OCC. The van der Waals surface area contributed by atoms with Gasteiger partial charge in [0.05, 0.1) is 13.2 Å². The van der Waals surface area contributed by atoms with E-state index < -0.39 is 31.6 Å². The molecule has 1 aromatic rings. The normalized spacial score (nSPS) is 21.7. The Bertz CT molecular complexity index is 926. The van der Waals surface area contributed by atoms with Gasteiger partial charge in [0, 0.05) is 6.42 Å². The highest BCUT2D eigenvalue weighted by Gasteiger charge is 2.51. The molecule has 2 N–H and O–H groups in total. The van der Waals surface area contributed by atoms with Gasteiger partial charge in [-0.25, -0.2) is 0 Å². The summed E-state index contributed by atoms with van der Waals surface area (Å²) >= 11 is 0. The fourth-order valence-corrected chi connectivity index (χ4v) is 5.95. The first-order valence-electron chi connectivity index (χ1n) is 12.5. The summed E-state index contributed by atoms with van der Waals surface area (Å²) in [5.41, 5.74) is 0.926. The zero-order valence-corrected chi connectivity index (χ0v) is 22.0. The molecule has 35 heavy (non-hydrogen) atoms. The van der Waals surface area contributed by atoms with E-state index in [0.29, 0.717) is 12.8 Å². The van der Waals surface area contributed by atoms with Crippen LogP contribution in [0.25, 0.3) is 0 Å². The third kappa shape index (κ3) is 7.15. The molecule has 3 atom stereocenters. The molecule has 0 spiro atoms. The Kier molecular flexibility index (Phi) is 9.50. The van der Waals surface area contributed by atoms with Gasteiger partial charge < -0.3 is 24.6 Å². The molecule has 2 aliphatic rings. The summed E-state index contributed by atoms with van der Waals surface area (Å²) in [6, 6.07) is 7.19. The second kappa shape index (κ2) is 12.2. The summed E-state index contributed by atoms with van der Waals surface area (Å²) < 4.78 is 23.5. The Morgan fingerprint density at radius 3 is 2.31 bits per heavy atom. The first kappa shape index (κ1) is 27.4. The quantitative estimate of drug-likeness (QED) is 0.397. The number of amides is 3. The van der Waals surface area contributed by atoms with Gasteiger partial charge in [-0.1, -0.05) is 44.2 Å². The number of hydrogen-bond acceptors (Lipinski definition) is 6. The third-order valence-corrected chi connectivity index (χ3v) is 8.07. The average molecular weight is 508 g/mol. The van der Waals surface area contributed by atoms with E-state index in [1.54, 1.807) is 13.8 Å². The molecule has 1 saturated heterocycles. The Morgan fingerprint density at radius 1 is 1.14 bits per heavy atom. The maximum Gasteiger partial charge on any atom is 0.349 e. The first-order chi connectivity index (χ1) is 16.7. The summed E-state index contributed by atoms with van der Waals surface area (Å²) in [6.45, 7) is 7.74. The second-order valence-corrected chi connectivity index (χ2v) is 11.6. The van der Waals surface area contributed by atoms with Crippen molar-refractivity contribution in [1.29, 1.82) is 0 Å². The summed E-state index contributed by atoms with van der Waals surface area (Å²) in [7, 11) is -3.50. The minimum Gasteiger partial charge on any atom is -0.343 e. The third-order valence-electron chi connectivity index (χ3n) is 6.22. The van der Waals surface area contributed by atoms with Crippen LogP contribution in [0, 0.1) is 11.8 Å². The summed E-state index contributed by atoms with van der Waals surface area (Å²) in [6.07, 6.45) is 2.08. The van der Waals surface area contributed by atoms with E-state index in [4.69, 9.17) is 9.05 Å². The number of piperazine rings is 1. The van der Waals surface area contributed by atoms with Gasteiger partial charge in [-0.3, -0.25) is 18.9 Å². The van der Waals surface area contributed by atoms with Crippen LogP contribution < -0.4 is 10.6 Å². The molecule has 1 heterocycles. The van der Waals surface area contributed by atoms with Crippen molar-refractivity contribution in [2.45, 2.75) is 71.5 Å².